The molecule has 0 aromatic heterocycles. The quantitative estimate of drug-likeness (QED) is 0.646. The molecule has 0 radical (unpaired) electrons. The maximum Gasteiger partial charge on any atom is 0.319 e. The van der Waals surface area contributed by atoms with Gasteiger partial charge in [-0.15, -0.1) is 0 Å². The van der Waals surface area contributed by atoms with Crippen LogP contribution in [0, 0.1) is 6.92 Å². The topological polar surface area (TPSA) is 50.4 Å². The van der Waals surface area contributed by atoms with E-state index in [1.165, 1.54) is 0 Å². The molecule has 26 heavy (non-hydrogen) atoms. The molecule has 0 spiro atoms. The van der Waals surface area contributed by atoms with Crippen molar-refractivity contribution in [3.05, 3.63) is 71.8 Å². The third-order valence-electron chi connectivity index (χ3n) is 4.32. The lowest BCUT2D eigenvalue weighted by atomic mass is 10.0. The molecule has 0 bridgehead atoms. The monoisotopic (exact) mass is 348 g/mol. The highest BCUT2D eigenvalue weighted by Crippen LogP contribution is 2.27. The van der Waals surface area contributed by atoms with E-state index in [1.807, 2.05) is 81.4 Å². The maximum absolute atomic E-state index is 12.5. The van der Waals surface area contributed by atoms with Gasteiger partial charge in [0.15, 0.2) is 0 Å². The molecule has 3 aromatic rings. The maximum atomic E-state index is 12.5. The summed E-state index contributed by atoms with van der Waals surface area (Å²) in [5.74, 6) is 0.802. The first kappa shape index (κ1) is 17.8. The van der Waals surface area contributed by atoms with Gasteiger partial charge in [-0.1, -0.05) is 54.1 Å². The van der Waals surface area contributed by atoms with Gasteiger partial charge in [0.1, 0.15) is 5.75 Å². The van der Waals surface area contributed by atoms with Crippen molar-refractivity contribution in [1.82, 2.24) is 5.32 Å². The summed E-state index contributed by atoms with van der Waals surface area (Å²) < 4.78 is 5.70. The summed E-state index contributed by atoms with van der Waals surface area (Å²) in [7, 11) is 0. The minimum atomic E-state index is -0.238. The zero-order chi connectivity index (χ0) is 18.5. The minimum Gasteiger partial charge on any atom is -0.494 e. The van der Waals surface area contributed by atoms with Gasteiger partial charge in [0, 0.05) is 10.9 Å². The Labute approximate surface area is 154 Å². The third-order valence-corrected chi connectivity index (χ3v) is 4.32. The Hall–Kier alpha value is -3.01. The van der Waals surface area contributed by atoms with Gasteiger partial charge in [-0.05, 0) is 38.3 Å². The fraction of sp³-hybridized carbons (Fsp3) is 0.227. The number of aryl methyl sites for hydroxylation is 1. The molecule has 0 heterocycles. The molecule has 0 saturated heterocycles. The number of rotatable bonds is 5. The van der Waals surface area contributed by atoms with Gasteiger partial charge in [-0.2, -0.15) is 0 Å². The van der Waals surface area contributed by atoms with Crippen LogP contribution in [0.4, 0.5) is 10.5 Å². The fourth-order valence-electron chi connectivity index (χ4n) is 3.06. The predicted octanol–water partition coefficient (Wildman–Crippen LogP) is 5.43. The van der Waals surface area contributed by atoms with E-state index in [2.05, 4.69) is 10.6 Å². The molecule has 0 aliphatic rings. The van der Waals surface area contributed by atoms with Gasteiger partial charge in [0.2, 0.25) is 0 Å². The number of carbonyl (C=O) groups excluding carboxylic acids is 1. The number of nitrogens with one attached hydrogen (secondary N) is 2. The Bertz CT molecular complexity index is 916. The average Bonchev–Trinajstić information content (AvgIpc) is 2.63. The first-order chi connectivity index (χ1) is 12.6. The number of urea groups is 1. The van der Waals surface area contributed by atoms with E-state index in [0.717, 1.165) is 33.3 Å². The smallest absolute Gasteiger partial charge is 0.319 e. The second-order valence-corrected chi connectivity index (χ2v) is 6.32. The van der Waals surface area contributed by atoms with Crippen molar-refractivity contribution in [3.8, 4) is 5.75 Å². The molecule has 0 aliphatic carbocycles. The number of amides is 2. The predicted molar refractivity (Wildman–Crippen MR) is 107 cm³/mol. The number of benzene rings is 3. The van der Waals surface area contributed by atoms with Crippen LogP contribution in [0.15, 0.2) is 60.7 Å². The zero-order valence-electron chi connectivity index (χ0n) is 15.4. The van der Waals surface area contributed by atoms with Crippen molar-refractivity contribution in [2.24, 2.45) is 0 Å². The molecule has 4 nitrogen and oxygen atoms in total. The zero-order valence-corrected chi connectivity index (χ0v) is 15.4. The molecule has 3 rings (SSSR count). The Morgan fingerprint density at radius 3 is 2.65 bits per heavy atom. The Balaban J connectivity index is 1.76. The lowest BCUT2D eigenvalue weighted by molar-refractivity contribution is 0.249. The number of hydrogen-bond acceptors (Lipinski definition) is 2. The van der Waals surface area contributed by atoms with Gasteiger partial charge in [0.05, 0.1) is 18.3 Å². The van der Waals surface area contributed by atoms with E-state index < -0.39 is 0 Å². The summed E-state index contributed by atoms with van der Waals surface area (Å²) >= 11 is 0. The Kier molecular flexibility index (Phi) is 5.42. The number of anilines is 1. The second-order valence-electron chi connectivity index (χ2n) is 6.32. The number of fused-ring (bicyclic) bond motifs is 1. The third kappa shape index (κ3) is 3.97. The molecular weight excluding hydrogens is 324 g/mol. The van der Waals surface area contributed by atoms with Gasteiger partial charge >= 0.3 is 6.03 Å². The summed E-state index contributed by atoms with van der Waals surface area (Å²) in [6.45, 7) is 6.53. The molecule has 0 fully saturated rings. The van der Waals surface area contributed by atoms with Gasteiger partial charge in [-0.3, -0.25) is 0 Å². The Morgan fingerprint density at radius 2 is 1.85 bits per heavy atom. The van der Waals surface area contributed by atoms with E-state index in [0.29, 0.717) is 6.61 Å². The van der Waals surface area contributed by atoms with Crippen LogP contribution in [0.2, 0.25) is 0 Å². The summed E-state index contributed by atoms with van der Waals surface area (Å²) in [6.07, 6.45) is 0. The van der Waals surface area contributed by atoms with E-state index in [4.69, 9.17) is 4.74 Å². The van der Waals surface area contributed by atoms with Crippen molar-refractivity contribution in [2.75, 3.05) is 11.9 Å². The van der Waals surface area contributed by atoms with Crippen molar-refractivity contribution < 1.29 is 9.53 Å². The SMILES string of the molecule is CCOc1ccc(C)cc1C(C)NC(=O)Nc1cccc2ccccc12. The number of ether oxygens (including phenoxy) is 1. The van der Waals surface area contributed by atoms with Crippen molar-refractivity contribution in [2.45, 2.75) is 26.8 Å². The van der Waals surface area contributed by atoms with Crippen LogP contribution in [-0.4, -0.2) is 12.6 Å². The molecule has 4 heteroatoms. The van der Waals surface area contributed by atoms with Gasteiger partial charge in [-0.25, -0.2) is 4.79 Å². The average molecular weight is 348 g/mol. The summed E-state index contributed by atoms with van der Waals surface area (Å²) in [4.78, 5) is 12.5. The number of hydrogen-bond donors (Lipinski definition) is 2. The number of carbonyl (C=O) groups is 1. The van der Waals surface area contributed by atoms with E-state index in [1.54, 1.807) is 0 Å². The van der Waals surface area contributed by atoms with E-state index in [-0.39, 0.29) is 12.1 Å². The standard InChI is InChI=1S/C22H24N2O2/c1-4-26-21-13-12-15(2)14-19(21)16(3)23-22(25)24-20-11-7-9-17-8-5-6-10-18(17)20/h5-14,16H,4H2,1-3H3,(H2,23,24,25). The second kappa shape index (κ2) is 7.91. The summed E-state index contributed by atoms with van der Waals surface area (Å²) in [5, 5.41) is 8.08. The molecule has 2 amide bonds. The van der Waals surface area contributed by atoms with E-state index >= 15 is 0 Å². The van der Waals surface area contributed by atoms with Crippen LogP contribution in [0.5, 0.6) is 5.75 Å². The highest BCUT2D eigenvalue weighted by Gasteiger charge is 2.15. The molecule has 0 saturated carbocycles. The summed E-state index contributed by atoms with van der Waals surface area (Å²) in [5.41, 5.74) is 2.90. The lowest BCUT2D eigenvalue weighted by Crippen LogP contribution is -2.31. The molecule has 1 atom stereocenters. The first-order valence-corrected chi connectivity index (χ1v) is 8.87. The van der Waals surface area contributed by atoms with Gasteiger partial charge < -0.3 is 15.4 Å². The summed E-state index contributed by atoms with van der Waals surface area (Å²) in [6, 6.07) is 19.5. The van der Waals surface area contributed by atoms with Crippen LogP contribution in [0.3, 0.4) is 0 Å². The molecule has 3 aromatic carbocycles. The molecule has 1 unspecified atom stereocenters. The van der Waals surface area contributed by atoms with Crippen LogP contribution >= 0.6 is 0 Å². The van der Waals surface area contributed by atoms with Crippen LogP contribution in [-0.2, 0) is 0 Å². The van der Waals surface area contributed by atoms with Gasteiger partial charge in [0.25, 0.3) is 0 Å². The molecular formula is C22H24N2O2. The molecule has 134 valence electrons. The first-order valence-electron chi connectivity index (χ1n) is 8.87. The highest BCUT2D eigenvalue weighted by atomic mass is 16.5. The van der Waals surface area contributed by atoms with Crippen molar-refractivity contribution in [1.29, 1.82) is 0 Å². The largest absolute Gasteiger partial charge is 0.494 e. The van der Waals surface area contributed by atoms with Crippen LogP contribution < -0.4 is 15.4 Å². The van der Waals surface area contributed by atoms with E-state index in [9.17, 15) is 4.79 Å². The van der Waals surface area contributed by atoms with Crippen molar-refractivity contribution in [3.63, 3.8) is 0 Å². The van der Waals surface area contributed by atoms with Crippen LogP contribution in [0.25, 0.3) is 10.8 Å². The Morgan fingerprint density at radius 1 is 1.08 bits per heavy atom. The normalized spacial score (nSPS) is 11.8. The molecule has 0 aliphatic heterocycles. The highest BCUT2D eigenvalue weighted by molar-refractivity contribution is 6.01. The fourth-order valence-corrected chi connectivity index (χ4v) is 3.06. The van der Waals surface area contributed by atoms with Crippen LogP contribution in [0.1, 0.15) is 31.0 Å². The lowest BCUT2D eigenvalue weighted by Gasteiger charge is -2.19. The van der Waals surface area contributed by atoms with Crippen molar-refractivity contribution >= 4 is 22.5 Å². The molecule has 2 N–H and O–H groups in total. The minimum absolute atomic E-state index is 0.175.